The summed E-state index contributed by atoms with van der Waals surface area (Å²) in [6, 6.07) is 9.82. The van der Waals surface area contributed by atoms with Crippen LogP contribution in [0.5, 0.6) is 23.0 Å². The van der Waals surface area contributed by atoms with E-state index in [1.807, 2.05) is 0 Å². The molecule has 2 aliphatic heterocycles. The predicted octanol–water partition coefficient (Wildman–Crippen LogP) is 12.6. The van der Waals surface area contributed by atoms with E-state index in [4.69, 9.17) is 27.3 Å². The number of carboxylic acids is 1. The average molecular weight is 934 g/mol. The molecule has 0 aliphatic carbocycles. The van der Waals surface area contributed by atoms with E-state index >= 15 is 0 Å². The molecule has 2 saturated heterocycles. The van der Waals surface area contributed by atoms with Crippen LogP contribution in [-0.4, -0.2) is 80.4 Å². The molecule has 0 saturated carbocycles. The number of hydrogen-bond donors (Lipinski definition) is 1. The van der Waals surface area contributed by atoms with Crippen LogP contribution in [0.15, 0.2) is 36.4 Å². The van der Waals surface area contributed by atoms with E-state index in [0.29, 0.717) is 28.1 Å². The Morgan fingerprint density at radius 1 is 0.532 bits per heavy atom. The largest absolute Gasteiger partial charge is 0.541 e. The molecule has 4 rings (SSSR count). The Morgan fingerprint density at radius 2 is 0.839 bits per heavy atom. The van der Waals surface area contributed by atoms with E-state index in [-0.39, 0.29) is 44.1 Å². The van der Waals surface area contributed by atoms with Gasteiger partial charge in [0.25, 0.3) is 45.1 Å². The van der Waals surface area contributed by atoms with Gasteiger partial charge >= 0.3 is 11.9 Å². The van der Waals surface area contributed by atoms with Crippen LogP contribution in [0, 0.1) is 0 Å². The fourth-order valence-electron chi connectivity index (χ4n) is 4.62. The van der Waals surface area contributed by atoms with Crippen LogP contribution in [0.1, 0.15) is 129 Å². The number of hydroxylamine groups is 2. The molecule has 2 aliphatic rings. The van der Waals surface area contributed by atoms with E-state index in [0.717, 1.165) is 13.2 Å². The maximum Gasteiger partial charge on any atom is 0.364 e. The van der Waals surface area contributed by atoms with Crippen molar-refractivity contribution < 1.29 is 51.6 Å². The van der Waals surface area contributed by atoms with Crippen LogP contribution in [-0.2, 0) is 19.2 Å². The third-order valence-corrected chi connectivity index (χ3v) is 30.4. The Hall–Kier alpha value is -3.45. The molecule has 2 heterocycles. The van der Waals surface area contributed by atoms with Gasteiger partial charge in [-0.25, -0.2) is 9.59 Å². The summed E-state index contributed by atoms with van der Waals surface area (Å²) in [4.78, 5) is 52.8. The third-order valence-electron chi connectivity index (χ3n) is 13.1. The van der Waals surface area contributed by atoms with Crippen molar-refractivity contribution in [2.45, 2.75) is 181 Å². The Bertz CT molecular complexity index is 1870. The summed E-state index contributed by atoms with van der Waals surface area (Å²) in [7, 11) is -8.59. The first-order valence-electron chi connectivity index (χ1n) is 21.8. The minimum atomic E-state index is -2.25. The van der Waals surface area contributed by atoms with Gasteiger partial charge in [-0.1, -0.05) is 83.1 Å². The quantitative estimate of drug-likeness (QED) is 0.170. The fourth-order valence-corrected chi connectivity index (χ4v) is 8.70. The number of hydrogen-bond acceptors (Lipinski definition) is 10. The van der Waals surface area contributed by atoms with E-state index in [1.54, 1.807) is 36.4 Å². The van der Waals surface area contributed by atoms with Gasteiger partial charge in [0, 0.05) is 26.1 Å². The maximum absolute atomic E-state index is 12.7. The lowest BCUT2D eigenvalue weighted by molar-refractivity contribution is -0.172. The number of imide groups is 1. The van der Waals surface area contributed by atoms with Crippen LogP contribution >= 0.6 is 0 Å². The lowest BCUT2D eigenvalue weighted by atomic mass is 10.2. The highest BCUT2D eigenvalue weighted by Crippen LogP contribution is 2.45. The number of carbonyl (C=O) groups excluding carboxylic acids is 3. The van der Waals surface area contributed by atoms with Crippen LogP contribution in [0.3, 0.4) is 0 Å². The van der Waals surface area contributed by atoms with Gasteiger partial charge in [-0.2, -0.15) is 0 Å². The van der Waals surface area contributed by atoms with Crippen LogP contribution in [0.4, 0.5) is 0 Å². The second kappa shape index (κ2) is 20.2. The molecule has 2 aromatic rings. The molecule has 0 unspecified atom stereocenters. The first kappa shape index (κ1) is 54.7. The summed E-state index contributed by atoms with van der Waals surface area (Å²) >= 11 is 0. The molecule has 62 heavy (non-hydrogen) atoms. The zero-order chi connectivity index (χ0) is 48.1. The Labute approximate surface area is 377 Å². The number of rotatable bonds is 11. The summed E-state index contributed by atoms with van der Waals surface area (Å²) in [6.07, 6.45) is 2.65. The zero-order valence-corrected chi connectivity index (χ0v) is 45.7. The molecule has 2 fully saturated rings. The fraction of sp³-hybridized carbons (Fsp3) is 0.652. The second-order valence-corrected chi connectivity index (χ2v) is 41.3. The molecule has 1 N–H and O–H groups in total. The zero-order valence-electron chi connectivity index (χ0n) is 41.7. The molecule has 0 atom stereocenters. The van der Waals surface area contributed by atoms with Crippen LogP contribution in [0.25, 0.3) is 0 Å². The number of ether oxygens (including phenoxy) is 1. The second-order valence-electron chi connectivity index (χ2n) is 22.4. The molecule has 0 aromatic heterocycles. The monoisotopic (exact) mass is 933 g/mol. The summed E-state index contributed by atoms with van der Waals surface area (Å²) in [5.74, 6) is -0.497. The molecule has 0 spiro atoms. The topological polar surface area (TPSA) is 147 Å². The SMILES string of the molecule is C1CCOC1.CC(C)(C)[Si](C)(C)Oc1ccc(C(=O)O)cc1O[Si](C)(C)C(C)(C)C.CC(C)(C)[Si](C)(C)Oc1ccc(C(=O)ON2C(=O)CCC2=O)cc1O[Si](C)(C)C(C)(C)C. The Morgan fingerprint density at radius 3 is 1.13 bits per heavy atom. The summed E-state index contributed by atoms with van der Waals surface area (Å²) in [5.41, 5.74) is 0.407. The third kappa shape index (κ3) is 14.8. The lowest BCUT2D eigenvalue weighted by Gasteiger charge is -2.39. The van der Waals surface area contributed by atoms with Gasteiger partial charge in [-0.3, -0.25) is 9.59 Å². The molecular formula is C46H79NO11Si4. The molecule has 16 heteroatoms. The van der Waals surface area contributed by atoms with Crippen LogP contribution < -0.4 is 17.7 Å². The molecule has 2 aromatic carbocycles. The van der Waals surface area contributed by atoms with Crippen molar-refractivity contribution in [1.82, 2.24) is 5.06 Å². The molecule has 350 valence electrons. The van der Waals surface area contributed by atoms with E-state index < -0.39 is 57.0 Å². The minimum absolute atomic E-state index is 0.0144. The molecule has 12 nitrogen and oxygen atoms in total. The normalized spacial score (nSPS) is 15.5. The van der Waals surface area contributed by atoms with E-state index in [1.165, 1.54) is 12.8 Å². The van der Waals surface area contributed by atoms with Crippen molar-refractivity contribution in [1.29, 1.82) is 0 Å². The molecule has 0 radical (unpaired) electrons. The first-order valence-corrected chi connectivity index (χ1v) is 33.4. The van der Waals surface area contributed by atoms with E-state index in [2.05, 4.69) is 135 Å². The maximum atomic E-state index is 12.7. The van der Waals surface area contributed by atoms with Crippen molar-refractivity contribution >= 4 is 57.0 Å². The number of nitrogens with zero attached hydrogens (tertiary/aromatic N) is 1. The van der Waals surface area contributed by atoms with E-state index in [9.17, 15) is 24.3 Å². The van der Waals surface area contributed by atoms with Gasteiger partial charge in [0.1, 0.15) is 23.0 Å². The highest BCUT2D eigenvalue weighted by Gasteiger charge is 2.44. The van der Waals surface area contributed by atoms with Crippen LogP contribution in [0.2, 0.25) is 72.5 Å². The van der Waals surface area contributed by atoms with Crippen molar-refractivity contribution in [3.63, 3.8) is 0 Å². The van der Waals surface area contributed by atoms with Crippen molar-refractivity contribution in [3.8, 4) is 23.0 Å². The van der Waals surface area contributed by atoms with Gasteiger partial charge in [0.15, 0.2) is 0 Å². The standard InChI is InChI=1S/C23H37NO6Si2.C19H34O4Si2.C4H8O/c1-22(2,3)31(7,8)29-17-12-11-16(15-18(17)30-32(9,10)23(4,5)6)21(27)28-24-19(25)13-14-20(24)26;1-18(2,3)24(7,8)22-15-12-11-14(17(20)21)13-16(15)23-25(9,10)19(4,5)6;1-2-4-5-3-1/h11-12,15H,13-14H2,1-10H3;11-13H,1-10H3,(H,20,21);1-4H2. The number of amides is 2. The van der Waals surface area contributed by atoms with Gasteiger partial charge < -0.3 is 32.4 Å². The summed E-state index contributed by atoms with van der Waals surface area (Å²) in [5, 5.41) is 9.88. The molecule has 2 amide bonds. The van der Waals surface area contributed by atoms with Gasteiger partial charge in [0.05, 0.1) is 11.1 Å². The Balaban J connectivity index is 0.000000391. The van der Waals surface area contributed by atoms with Gasteiger partial charge in [-0.05, 0) is 122 Å². The van der Waals surface area contributed by atoms with Gasteiger partial charge in [-0.15, -0.1) is 5.06 Å². The number of carbonyl (C=O) groups is 4. The first-order chi connectivity index (χ1) is 27.8. The average Bonchev–Trinajstić information content (AvgIpc) is 3.78. The molecule has 0 bridgehead atoms. The highest BCUT2D eigenvalue weighted by molar-refractivity contribution is 6.76. The lowest BCUT2D eigenvalue weighted by Crippen LogP contribution is -2.45. The molecular weight excluding hydrogens is 855 g/mol. The van der Waals surface area contributed by atoms with Crippen molar-refractivity contribution in [3.05, 3.63) is 47.5 Å². The smallest absolute Gasteiger partial charge is 0.364 e. The highest BCUT2D eigenvalue weighted by atomic mass is 28.4. The number of carboxylic acid groups (broad SMARTS) is 1. The predicted molar refractivity (Wildman–Crippen MR) is 258 cm³/mol. The summed E-state index contributed by atoms with van der Waals surface area (Å²) < 4.78 is 30.9. The van der Waals surface area contributed by atoms with Crippen molar-refractivity contribution in [2.24, 2.45) is 0 Å². The van der Waals surface area contributed by atoms with Gasteiger partial charge in [0.2, 0.25) is 0 Å². The number of aromatic carboxylic acids is 1. The minimum Gasteiger partial charge on any atom is -0.541 e. The Kier molecular flexibility index (Phi) is 17.8. The number of benzene rings is 2. The van der Waals surface area contributed by atoms with Crippen molar-refractivity contribution in [2.75, 3.05) is 13.2 Å². The summed E-state index contributed by atoms with van der Waals surface area (Å²) in [6.45, 7) is 45.1.